The highest BCUT2D eigenvalue weighted by Gasteiger charge is 2.68. The summed E-state index contributed by atoms with van der Waals surface area (Å²) in [7, 11) is 0. The van der Waals surface area contributed by atoms with Crippen LogP contribution in [-0.4, -0.2) is 78.0 Å². The Morgan fingerprint density at radius 3 is 2.11 bits per heavy atom. The Balaban J connectivity index is 0.00000176. The van der Waals surface area contributed by atoms with Gasteiger partial charge in [-0.05, 0) is 24.3 Å². The van der Waals surface area contributed by atoms with E-state index in [1.54, 1.807) is 0 Å². The lowest BCUT2D eigenvalue weighted by atomic mass is 10.1. The largest absolute Gasteiger partial charge is 0.390 e. The van der Waals surface area contributed by atoms with E-state index < -0.39 is 29.9 Å². The summed E-state index contributed by atoms with van der Waals surface area (Å²) in [5, 5.41) is 69.6. The Bertz CT molecular complexity index is 637. The average molecular weight is 411 g/mol. The standard InChI is InChI=1S/C13H17ClN2O9.C2H6/c14-5-9(17)6-15-7-1-3-8(4-2-7)16-10(18)11(19,20)25-13(23,24)12(16,21)22;1-2/h1-4,9,15,17,19-24H,5-6H2;1-2H3. The van der Waals surface area contributed by atoms with E-state index in [-0.39, 0.29) is 23.0 Å². The van der Waals surface area contributed by atoms with Gasteiger partial charge in [0, 0.05) is 17.9 Å². The molecule has 154 valence electrons. The van der Waals surface area contributed by atoms with Crippen LogP contribution < -0.4 is 10.2 Å². The quantitative estimate of drug-likeness (QED) is 0.199. The number of aliphatic hydroxyl groups is 7. The molecule has 0 spiro atoms. The highest BCUT2D eigenvalue weighted by molar-refractivity contribution is 6.18. The van der Waals surface area contributed by atoms with Crippen LogP contribution in [0.5, 0.6) is 0 Å². The predicted molar refractivity (Wildman–Crippen MR) is 93.1 cm³/mol. The topological polar surface area (TPSA) is 183 Å². The van der Waals surface area contributed by atoms with Crippen molar-refractivity contribution in [1.29, 1.82) is 0 Å². The van der Waals surface area contributed by atoms with Crippen LogP contribution in [0.15, 0.2) is 24.3 Å². The first-order valence-corrected chi connectivity index (χ1v) is 8.43. The third kappa shape index (κ3) is 4.85. The van der Waals surface area contributed by atoms with E-state index in [1.165, 1.54) is 12.1 Å². The van der Waals surface area contributed by atoms with Crippen molar-refractivity contribution in [3.8, 4) is 0 Å². The summed E-state index contributed by atoms with van der Waals surface area (Å²) >= 11 is 5.45. The molecule has 0 aliphatic carbocycles. The number of alkyl halides is 1. The minimum atomic E-state index is -3.90. The first-order valence-electron chi connectivity index (χ1n) is 7.89. The number of nitrogens with zero attached hydrogens (tertiary/aromatic N) is 1. The Morgan fingerprint density at radius 2 is 1.63 bits per heavy atom. The van der Waals surface area contributed by atoms with E-state index in [1.807, 2.05) is 13.8 Å². The number of anilines is 2. The van der Waals surface area contributed by atoms with E-state index >= 15 is 0 Å². The summed E-state index contributed by atoms with van der Waals surface area (Å²) in [4.78, 5) is 11.9. The van der Waals surface area contributed by atoms with E-state index in [0.717, 1.165) is 12.1 Å². The molecule has 0 bridgehead atoms. The molecule has 12 heteroatoms. The van der Waals surface area contributed by atoms with Gasteiger partial charge in [-0.3, -0.25) is 9.53 Å². The van der Waals surface area contributed by atoms with Crippen molar-refractivity contribution in [2.45, 2.75) is 37.8 Å². The lowest BCUT2D eigenvalue weighted by Crippen LogP contribution is -2.78. The van der Waals surface area contributed by atoms with Gasteiger partial charge in [0.2, 0.25) is 0 Å². The molecule has 11 nitrogen and oxygen atoms in total. The summed E-state index contributed by atoms with van der Waals surface area (Å²) in [6, 6.07) is 4.99. The predicted octanol–water partition coefficient (Wildman–Crippen LogP) is -2.00. The van der Waals surface area contributed by atoms with Gasteiger partial charge in [-0.1, -0.05) is 13.8 Å². The summed E-state index contributed by atoms with van der Waals surface area (Å²) in [5.41, 5.74) is 0.135. The van der Waals surface area contributed by atoms with Crippen molar-refractivity contribution >= 4 is 28.9 Å². The second-order valence-electron chi connectivity index (χ2n) is 5.33. The van der Waals surface area contributed by atoms with Crippen LogP contribution in [0.25, 0.3) is 0 Å². The number of benzene rings is 1. The van der Waals surface area contributed by atoms with Crippen LogP contribution >= 0.6 is 11.6 Å². The lowest BCUT2D eigenvalue weighted by Gasteiger charge is -2.48. The fraction of sp³-hybridized carbons (Fsp3) is 0.533. The maximum atomic E-state index is 12.0. The Hall–Kier alpha value is -1.54. The van der Waals surface area contributed by atoms with Crippen molar-refractivity contribution in [3.05, 3.63) is 24.3 Å². The zero-order valence-electron chi connectivity index (χ0n) is 14.6. The fourth-order valence-electron chi connectivity index (χ4n) is 2.06. The third-order valence-electron chi connectivity index (χ3n) is 3.36. The number of nitrogens with one attached hydrogen (secondary N) is 1. The number of aliphatic hydroxyl groups excluding tert-OH is 1. The zero-order chi connectivity index (χ0) is 21.0. The molecule has 2 rings (SSSR count). The van der Waals surface area contributed by atoms with Gasteiger partial charge in [0.1, 0.15) is 0 Å². The van der Waals surface area contributed by atoms with Crippen LogP contribution in [0, 0.1) is 0 Å². The molecule has 1 unspecified atom stereocenters. The Kier molecular flexibility index (Phi) is 7.52. The molecule has 0 aromatic heterocycles. The summed E-state index contributed by atoms with van der Waals surface area (Å²) in [6.45, 7) is 4.12. The van der Waals surface area contributed by atoms with Crippen LogP contribution in [0.4, 0.5) is 11.4 Å². The molecule has 1 aromatic carbocycles. The number of amides is 1. The molecule has 0 radical (unpaired) electrons. The number of hydrogen-bond donors (Lipinski definition) is 8. The summed E-state index contributed by atoms with van der Waals surface area (Å²) < 4.78 is 3.82. The molecule has 1 aliphatic heterocycles. The number of rotatable bonds is 5. The normalized spacial score (nSPS) is 21.1. The smallest absolute Gasteiger partial charge is 0.367 e. The summed E-state index contributed by atoms with van der Waals surface area (Å²) in [5.74, 6) is -13.1. The van der Waals surface area contributed by atoms with Gasteiger partial charge in [-0.15, -0.1) is 11.6 Å². The van der Waals surface area contributed by atoms with Gasteiger partial charge in [-0.2, -0.15) is 0 Å². The van der Waals surface area contributed by atoms with Crippen LogP contribution in [0.3, 0.4) is 0 Å². The second kappa shape index (κ2) is 8.65. The average Bonchev–Trinajstić information content (AvgIpc) is 2.60. The SMILES string of the molecule is CC.O=C1N(c2ccc(NCC(O)CCl)cc2)C(O)(O)C(O)(O)OC1(O)O. The molecular formula is C15H23ClN2O9. The van der Waals surface area contributed by atoms with Gasteiger partial charge in [0.15, 0.2) is 0 Å². The number of morpholine rings is 1. The molecule has 1 heterocycles. The molecule has 1 amide bonds. The van der Waals surface area contributed by atoms with E-state index in [4.69, 9.17) is 11.6 Å². The van der Waals surface area contributed by atoms with Crippen molar-refractivity contribution in [2.24, 2.45) is 0 Å². The minimum Gasteiger partial charge on any atom is -0.390 e. The van der Waals surface area contributed by atoms with Gasteiger partial charge in [0.25, 0.3) is 0 Å². The highest BCUT2D eigenvalue weighted by Crippen LogP contribution is 2.37. The number of carbonyl (C=O) groups is 1. The van der Waals surface area contributed by atoms with Gasteiger partial charge in [0.05, 0.1) is 12.0 Å². The molecule has 1 aromatic rings. The molecular weight excluding hydrogens is 388 g/mol. The minimum absolute atomic E-state index is 0.00900. The van der Waals surface area contributed by atoms with E-state index in [9.17, 15) is 40.5 Å². The highest BCUT2D eigenvalue weighted by atomic mass is 35.5. The first-order chi connectivity index (χ1) is 12.4. The Labute approximate surface area is 159 Å². The van der Waals surface area contributed by atoms with E-state index in [0.29, 0.717) is 5.69 Å². The van der Waals surface area contributed by atoms with Gasteiger partial charge in [-0.25, -0.2) is 4.90 Å². The van der Waals surface area contributed by atoms with Crippen molar-refractivity contribution < 1.29 is 45.3 Å². The zero-order valence-corrected chi connectivity index (χ0v) is 15.3. The Morgan fingerprint density at radius 1 is 1.11 bits per heavy atom. The molecule has 1 atom stereocenters. The van der Waals surface area contributed by atoms with Crippen LogP contribution in [-0.2, 0) is 9.53 Å². The maximum Gasteiger partial charge on any atom is 0.367 e. The number of carbonyl (C=O) groups excluding carboxylic acids is 1. The van der Waals surface area contributed by atoms with Crippen molar-refractivity contribution in [2.75, 3.05) is 22.6 Å². The molecule has 1 saturated heterocycles. The number of ether oxygens (including phenoxy) is 1. The molecule has 8 N–H and O–H groups in total. The van der Waals surface area contributed by atoms with Gasteiger partial charge < -0.3 is 41.1 Å². The second-order valence-corrected chi connectivity index (χ2v) is 5.64. The maximum absolute atomic E-state index is 12.0. The third-order valence-corrected chi connectivity index (χ3v) is 3.72. The van der Waals surface area contributed by atoms with Crippen LogP contribution in [0.2, 0.25) is 0 Å². The number of hydrogen-bond acceptors (Lipinski definition) is 10. The lowest BCUT2D eigenvalue weighted by molar-refractivity contribution is -0.532. The first kappa shape index (κ1) is 23.5. The van der Waals surface area contributed by atoms with Crippen molar-refractivity contribution in [3.63, 3.8) is 0 Å². The summed E-state index contributed by atoms with van der Waals surface area (Å²) in [6.07, 6.45) is -0.807. The number of halogens is 1. The van der Waals surface area contributed by atoms with Gasteiger partial charge >= 0.3 is 23.8 Å². The monoisotopic (exact) mass is 410 g/mol. The molecule has 27 heavy (non-hydrogen) atoms. The molecule has 0 saturated carbocycles. The van der Waals surface area contributed by atoms with Crippen molar-refractivity contribution in [1.82, 2.24) is 0 Å². The molecule has 1 aliphatic rings. The fourth-order valence-corrected chi connectivity index (χ4v) is 2.17. The van der Waals surface area contributed by atoms with Crippen LogP contribution in [0.1, 0.15) is 13.8 Å². The molecule has 1 fully saturated rings. The van der Waals surface area contributed by atoms with E-state index in [2.05, 4.69) is 10.1 Å².